The van der Waals surface area contributed by atoms with E-state index in [4.69, 9.17) is 4.42 Å². The number of rotatable bonds is 2. The Morgan fingerprint density at radius 1 is 1.69 bits per heavy atom. The summed E-state index contributed by atoms with van der Waals surface area (Å²) in [6.45, 7) is 1.61. The van der Waals surface area contributed by atoms with Crippen LogP contribution in [0.15, 0.2) is 22.8 Å². The summed E-state index contributed by atoms with van der Waals surface area (Å²) < 4.78 is 5.14. The molecule has 1 aromatic rings. The van der Waals surface area contributed by atoms with E-state index in [2.05, 4.69) is 5.32 Å². The van der Waals surface area contributed by atoms with Gasteiger partial charge in [-0.05, 0) is 19.1 Å². The van der Waals surface area contributed by atoms with Crippen molar-refractivity contribution in [1.29, 1.82) is 0 Å². The van der Waals surface area contributed by atoms with Gasteiger partial charge in [-0.15, -0.1) is 0 Å². The number of carbonyl (C=O) groups excluding carboxylic acids is 1. The fraction of sp³-hybridized carbons (Fsp3) is 0.444. The number of nitrogens with one attached hydrogen (secondary N) is 1. The van der Waals surface area contributed by atoms with E-state index in [1.54, 1.807) is 25.3 Å². The molecule has 1 aliphatic rings. The van der Waals surface area contributed by atoms with Crippen LogP contribution < -0.4 is 5.32 Å². The van der Waals surface area contributed by atoms with Gasteiger partial charge in [0.1, 0.15) is 11.8 Å². The second-order valence-electron chi connectivity index (χ2n) is 3.27. The molecule has 2 rings (SSSR count). The minimum Gasteiger partial charge on any atom is -0.467 e. The fourth-order valence-corrected chi connectivity index (χ4v) is 1.61. The highest BCUT2D eigenvalue weighted by Crippen LogP contribution is 2.32. The largest absolute Gasteiger partial charge is 0.467 e. The Morgan fingerprint density at radius 3 is 2.92 bits per heavy atom. The van der Waals surface area contributed by atoms with E-state index in [-0.39, 0.29) is 17.9 Å². The van der Waals surface area contributed by atoms with Gasteiger partial charge in [-0.3, -0.25) is 4.79 Å². The van der Waals surface area contributed by atoms with E-state index in [1.807, 2.05) is 0 Å². The van der Waals surface area contributed by atoms with Crippen molar-refractivity contribution < 1.29 is 14.3 Å². The first-order chi connectivity index (χ1) is 6.20. The lowest BCUT2D eigenvalue weighted by atomic mass is 9.85. The first-order valence-corrected chi connectivity index (χ1v) is 4.22. The number of amides is 1. The molecule has 0 spiro atoms. The van der Waals surface area contributed by atoms with E-state index in [0.29, 0.717) is 5.76 Å². The third kappa shape index (κ3) is 1.23. The average molecular weight is 181 g/mol. The van der Waals surface area contributed by atoms with Crippen LogP contribution in [0.25, 0.3) is 0 Å². The first kappa shape index (κ1) is 8.31. The van der Waals surface area contributed by atoms with Gasteiger partial charge in [-0.1, -0.05) is 0 Å². The van der Waals surface area contributed by atoms with Crippen molar-refractivity contribution in [2.24, 2.45) is 5.92 Å². The van der Waals surface area contributed by atoms with E-state index in [0.717, 1.165) is 0 Å². The van der Waals surface area contributed by atoms with E-state index >= 15 is 0 Å². The molecule has 0 aromatic carbocycles. The molecule has 1 fully saturated rings. The molecule has 1 aromatic heterocycles. The lowest BCUT2D eigenvalue weighted by Gasteiger charge is -2.36. The molecular weight excluding hydrogens is 170 g/mol. The molecule has 2 N–H and O–H groups in total. The summed E-state index contributed by atoms with van der Waals surface area (Å²) in [5, 5.41) is 12.0. The van der Waals surface area contributed by atoms with Crippen molar-refractivity contribution in [3.8, 4) is 0 Å². The van der Waals surface area contributed by atoms with Gasteiger partial charge in [-0.2, -0.15) is 0 Å². The van der Waals surface area contributed by atoms with E-state index in [1.165, 1.54) is 0 Å². The van der Waals surface area contributed by atoms with Crippen LogP contribution in [0.5, 0.6) is 0 Å². The second kappa shape index (κ2) is 2.88. The van der Waals surface area contributed by atoms with Crippen LogP contribution in [0.1, 0.15) is 18.7 Å². The van der Waals surface area contributed by atoms with Gasteiger partial charge in [0, 0.05) is 0 Å². The zero-order valence-corrected chi connectivity index (χ0v) is 7.23. The number of carbonyl (C=O) groups is 1. The van der Waals surface area contributed by atoms with Gasteiger partial charge < -0.3 is 14.8 Å². The lowest BCUT2D eigenvalue weighted by Crippen LogP contribution is -2.55. The van der Waals surface area contributed by atoms with Crippen molar-refractivity contribution in [2.45, 2.75) is 19.1 Å². The molecule has 0 radical (unpaired) electrons. The molecule has 70 valence electrons. The Bertz CT molecular complexity index is 305. The number of hydrogen-bond acceptors (Lipinski definition) is 3. The molecule has 4 heteroatoms. The monoisotopic (exact) mass is 181 g/mol. The minimum atomic E-state index is -0.635. The predicted octanol–water partition coefficient (Wildman–Crippen LogP) is 0.447. The number of hydrogen-bond donors (Lipinski definition) is 2. The maximum Gasteiger partial charge on any atom is 0.228 e. The van der Waals surface area contributed by atoms with Crippen LogP contribution >= 0.6 is 0 Å². The molecule has 0 saturated carbocycles. The van der Waals surface area contributed by atoms with Gasteiger partial charge in [0.05, 0.1) is 18.3 Å². The summed E-state index contributed by atoms with van der Waals surface area (Å²) in [5.41, 5.74) is 0. The maximum absolute atomic E-state index is 11.1. The van der Waals surface area contributed by atoms with Crippen molar-refractivity contribution in [1.82, 2.24) is 5.32 Å². The average Bonchev–Trinajstić information content (AvgIpc) is 2.50. The highest BCUT2D eigenvalue weighted by atomic mass is 16.3. The molecular formula is C9H11NO3. The summed E-state index contributed by atoms with van der Waals surface area (Å²) in [4.78, 5) is 11.1. The summed E-state index contributed by atoms with van der Waals surface area (Å²) in [6, 6.07) is 3.39. The third-order valence-electron chi connectivity index (χ3n) is 2.33. The fourth-order valence-electron chi connectivity index (χ4n) is 1.61. The molecule has 0 bridgehead atoms. The Kier molecular flexibility index (Phi) is 1.84. The van der Waals surface area contributed by atoms with Gasteiger partial charge in [0.25, 0.3) is 0 Å². The number of furan rings is 1. The number of β-lactam (4-membered cyclic amide) rings is 1. The molecule has 4 nitrogen and oxygen atoms in total. The molecule has 1 aliphatic heterocycles. The number of aliphatic hydroxyl groups excluding tert-OH is 1. The quantitative estimate of drug-likeness (QED) is 0.651. The Balaban J connectivity index is 2.15. The Morgan fingerprint density at radius 2 is 2.46 bits per heavy atom. The minimum absolute atomic E-state index is 0.114. The highest BCUT2D eigenvalue weighted by molar-refractivity contribution is 5.86. The van der Waals surface area contributed by atoms with E-state index in [9.17, 15) is 9.90 Å². The molecule has 0 aliphatic carbocycles. The van der Waals surface area contributed by atoms with Crippen molar-refractivity contribution >= 4 is 5.91 Å². The zero-order valence-electron chi connectivity index (χ0n) is 7.23. The topological polar surface area (TPSA) is 62.5 Å². The first-order valence-electron chi connectivity index (χ1n) is 4.22. The van der Waals surface area contributed by atoms with Crippen LogP contribution in [0.2, 0.25) is 0 Å². The van der Waals surface area contributed by atoms with Gasteiger partial charge >= 0.3 is 0 Å². The third-order valence-corrected chi connectivity index (χ3v) is 2.33. The SMILES string of the molecule is C[C@@H](O)[C@H]1C(=O)N[C@H]1c1ccco1. The Hall–Kier alpha value is -1.29. The van der Waals surface area contributed by atoms with Crippen molar-refractivity contribution in [3.05, 3.63) is 24.2 Å². The van der Waals surface area contributed by atoms with Gasteiger partial charge in [0.15, 0.2) is 0 Å². The zero-order chi connectivity index (χ0) is 9.42. The lowest BCUT2D eigenvalue weighted by molar-refractivity contribution is -0.141. The predicted molar refractivity (Wildman–Crippen MR) is 44.8 cm³/mol. The van der Waals surface area contributed by atoms with E-state index < -0.39 is 6.10 Å². The van der Waals surface area contributed by atoms with Crippen molar-refractivity contribution in [3.63, 3.8) is 0 Å². The second-order valence-corrected chi connectivity index (χ2v) is 3.27. The van der Waals surface area contributed by atoms with Crippen LogP contribution in [0.4, 0.5) is 0 Å². The normalized spacial score (nSPS) is 29.2. The molecule has 3 atom stereocenters. The Labute approximate surface area is 75.6 Å². The van der Waals surface area contributed by atoms with Crippen molar-refractivity contribution in [2.75, 3.05) is 0 Å². The standard InChI is InChI=1S/C9H11NO3/c1-5(11)7-8(10-9(7)12)6-3-2-4-13-6/h2-5,7-8,11H,1H3,(H,10,12)/t5-,7-,8+/m1/s1. The summed E-state index contributed by atoms with van der Waals surface area (Å²) >= 11 is 0. The molecule has 2 heterocycles. The summed E-state index contributed by atoms with van der Waals surface area (Å²) in [5.74, 6) is 0.216. The van der Waals surface area contributed by atoms with Crippen LogP contribution in [0, 0.1) is 5.92 Å². The highest BCUT2D eigenvalue weighted by Gasteiger charge is 2.44. The molecule has 1 amide bonds. The summed E-state index contributed by atoms with van der Waals surface area (Å²) in [6.07, 6.45) is 0.919. The van der Waals surface area contributed by atoms with Crippen LogP contribution in [0.3, 0.4) is 0 Å². The van der Waals surface area contributed by atoms with Crippen LogP contribution in [-0.2, 0) is 4.79 Å². The molecule has 1 saturated heterocycles. The van der Waals surface area contributed by atoms with Crippen LogP contribution in [-0.4, -0.2) is 17.1 Å². The number of aliphatic hydroxyl groups is 1. The molecule has 0 unspecified atom stereocenters. The van der Waals surface area contributed by atoms with Gasteiger partial charge in [0.2, 0.25) is 5.91 Å². The smallest absolute Gasteiger partial charge is 0.228 e. The summed E-state index contributed by atoms with van der Waals surface area (Å²) in [7, 11) is 0. The molecule has 13 heavy (non-hydrogen) atoms. The maximum atomic E-state index is 11.1. The van der Waals surface area contributed by atoms with Gasteiger partial charge in [-0.25, -0.2) is 0 Å².